The zero-order valence-electron chi connectivity index (χ0n) is 34.2. The van der Waals surface area contributed by atoms with Crippen LogP contribution in [0.3, 0.4) is 0 Å². The molecular weight excluding hydrogens is 781 g/mol. The molecule has 6 nitrogen and oxygen atoms in total. The molecule has 0 saturated carbocycles. The Morgan fingerprint density at radius 1 is 0.328 bits per heavy atom. The van der Waals surface area contributed by atoms with E-state index in [9.17, 15) is 5.26 Å². The van der Waals surface area contributed by atoms with E-state index in [4.69, 9.17) is 15.0 Å². The molecule has 0 spiro atoms. The molecule has 0 aliphatic rings. The minimum atomic E-state index is 0.545. The number of fused-ring (bicyclic) bond motifs is 6. The van der Waals surface area contributed by atoms with E-state index in [1.165, 1.54) is 0 Å². The Labute approximate surface area is 365 Å². The molecule has 0 aliphatic heterocycles. The van der Waals surface area contributed by atoms with Crippen molar-refractivity contribution in [2.45, 2.75) is 0 Å². The van der Waals surface area contributed by atoms with Crippen LogP contribution in [0.15, 0.2) is 195 Å². The highest BCUT2D eigenvalue weighted by Crippen LogP contribution is 2.54. The zero-order chi connectivity index (χ0) is 42.0. The molecule has 0 amide bonds. The lowest BCUT2D eigenvalue weighted by Crippen LogP contribution is -2.11. The lowest BCUT2D eigenvalue weighted by molar-refractivity contribution is 1.12. The first-order chi connectivity index (χ1) is 31.8. The maximum Gasteiger partial charge on any atom is 0.104 e. The molecule has 0 radical (unpaired) electrons. The molecule has 6 heteroatoms. The Kier molecular flexibility index (Phi) is 7.08. The number of nitriles is 1. The predicted octanol–water partition coefficient (Wildman–Crippen LogP) is 14.4. The van der Waals surface area contributed by atoms with E-state index in [2.05, 4.69) is 191 Å². The van der Waals surface area contributed by atoms with E-state index in [0.717, 1.165) is 132 Å². The van der Waals surface area contributed by atoms with Crippen molar-refractivity contribution >= 4 is 87.1 Å². The summed E-state index contributed by atoms with van der Waals surface area (Å²) >= 11 is 0. The van der Waals surface area contributed by atoms with Crippen LogP contribution in [0.5, 0.6) is 0 Å². The summed E-state index contributed by atoms with van der Waals surface area (Å²) in [6.07, 6.45) is 5.73. The van der Waals surface area contributed by atoms with Gasteiger partial charge in [-0.05, 0) is 51.7 Å². The first-order valence-corrected chi connectivity index (χ1v) is 21.5. The van der Waals surface area contributed by atoms with Crippen molar-refractivity contribution in [3.05, 3.63) is 200 Å². The summed E-state index contributed by atoms with van der Waals surface area (Å²) in [5.74, 6) is 0. The first kappa shape index (κ1) is 34.8. The molecule has 0 aliphatic carbocycles. The molecule has 9 aromatic carbocycles. The van der Waals surface area contributed by atoms with Gasteiger partial charge in [0, 0.05) is 73.0 Å². The van der Waals surface area contributed by atoms with Gasteiger partial charge in [0.15, 0.2) is 0 Å². The van der Waals surface area contributed by atoms with Crippen molar-refractivity contribution in [3.63, 3.8) is 0 Å². The van der Waals surface area contributed by atoms with Gasteiger partial charge in [-0.15, -0.1) is 0 Å². The Balaban J connectivity index is 1.30. The van der Waals surface area contributed by atoms with Gasteiger partial charge >= 0.3 is 0 Å². The topological polar surface area (TPSA) is 72.3 Å². The highest BCUT2D eigenvalue weighted by Gasteiger charge is 2.33. The maximum atomic E-state index is 12.3. The van der Waals surface area contributed by atoms with E-state index in [-0.39, 0.29) is 0 Å². The number of pyridine rings is 3. The molecule has 0 bridgehead atoms. The Morgan fingerprint density at radius 3 is 1.14 bits per heavy atom. The lowest BCUT2D eigenvalue weighted by Gasteiger charge is -2.27. The fourth-order valence-electron chi connectivity index (χ4n) is 11.0. The van der Waals surface area contributed by atoms with Crippen LogP contribution in [0.4, 0.5) is 0 Å². The van der Waals surface area contributed by atoms with Gasteiger partial charge in [-0.25, -0.2) is 0 Å². The van der Waals surface area contributed by atoms with Crippen LogP contribution < -0.4 is 0 Å². The summed E-state index contributed by atoms with van der Waals surface area (Å²) in [7, 11) is 0. The molecule has 0 fully saturated rings. The number of aromatic nitrogens is 5. The highest BCUT2D eigenvalue weighted by molar-refractivity contribution is 6.35. The predicted molar refractivity (Wildman–Crippen MR) is 262 cm³/mol. The molecule has 5 aromatic heterocycles. The van der Waals surface area contributed by atoms with Crippen molar-refractivity contribution in [2.75, 3.05) is 0 Å². The number of nitrogens with zero attached hydrogens (tertiary/aromatic N) is 6. The number of benzene rings is 9. The van der Waals surface area contributed by atoms with Crippen LogP contribution in [0.25, 0.3) is 132 Å². The minimum Gasteiger partial charge on any atom is -0.307 e. The Hall–Kier alpha value is -8.92. The fraction of sp³-hybridized carbons (Fsp3) is 0. The van der Waals surface area contributed by atoms with Crippen LogP contribution >= 0.6 is 0 Å². The van der Waals surface area contributed by atoms with Crippen molar-refractivity contribution in [3.8, 4) is 50.8 Å². The van der Waals surface area contributed by atoms with Gasteiger partial charge in [0.2, 0.25) is 0 Å². The van der Waals surface area contributed by atoms with E-state index in [1.54, 1.807) is 0 Å². The summed E-state index contributed by atoms with van der Waals surface area (Å²) in [6.45, 7) is 0. The lowest BCUT2D eigenvalue weighted by atomic mass is 9.82. The SMILES string of the molecule is N#Cc1c(-n2c3cccc4c5ccccc5c5nccc2c5c43)c(-c2ccccc2)c(-c2ccccc2)c(-c2ccccc2)c1-n1c2ccnc3c4ccccc4c4nccc1c4c32. The molecule has 14 rings (SSSR count). The van der Waals surface area contributed by atoms with Gasteiger partial charge < -0.3 is 9.13 Å². The van der Waals surface area contributed by atoms with Crippen molar-refractivity contribution in [2.24, 2.45) is 0 Å². The van der Waals surface area contributed by atoms with Crippen molar-refractivity contribution in [1.29, 1.82) is 5.26 Å². The minimum absolute atomic E-state index is 0.545. The summed E-state index contributed by atoms with van der Waals surface area (Å²) in [4.78, 5) is 15.2. The summed E-state index contributed by atoms with van der Waals surface area (Å²) in [6, 6.07) is 64.7. The van der Waals surface area contributed by atoms with Crippen LogP contribution in [0.2, 0.25) is 0 Å². The highest BCUT2D eigenvalue weighted by atomic mass is 15.0. The third-order valence-electron chi connectivity index (χ3n) is 13.4. The maximum absolute atomic E-state index is 12.3. The average molecular weight is 813 g/mol. The van der Waals surface area contributed by atoms with Crippen LogP contribution in [-0.4, -0.2) is 24.1 Å². The van der Waals surface area contributed by atoms with Gasteiger partial charge in [0.05, 0.1) is 50.0 Å². The fourth-order valence-corrected chi connectivity index (χ4v) is 11.0. The smallest absolute Gasteiger partial charge is 0.104 e. The van der Waals surface area contributed by atoms with E-state index in [1.807, 2.05) is 18.6 Å². The normalized spacial score (nSPS) is 12.0. The van der Waals surface area contributed by atoms with Gasteiger partial charge in [-0.1, -0.05) is 152 Å². The molecule has 5 heterocycles. The summed E-state index contributed by atoms with van der Waals surface area (Å²) < 4.78 is 4.69. The molecule has 0 unspecified atom stereocenters. The Morgan fingerprint density at radius 2 is 0.688 bits per heavy atom. The van der Waals surface area contributed by atoms with Crippen molar-refractivity contribution in [1.82, 2.24) is 24.1 Å². The van der Waals surface area contributed by atoms with Gasteiger partial charge in [0.25, 0.3) is 0 Å². The van der Waals surface area contributed by atoms with E-state index in [0.29, 0.717) is 5.56 Å². The second-order valence-corrected chi connectivity index (χ2v) is 16.5. The second kappa shape index (κ2) is 13.0. The first-order valence-electron chi connectivity index (χ1n) is 21.5. The monoisotopic (exact) mass is 812 g/mol. The van der Waals surface area contributed by atoms with Crippen LogP contribution in [-0.2, 0) is 0 Å². The van der Waals surface area contributed by atoms with Gasteiger partial charge in [0.1, 0.15) is 11.6 Å². The molecular formula is C58H32N6. The van der Waals surface area contributed by atoms with Crippen molar-refractivity contribution < 1.29 is 0 Å². The standard InChI is InChI=1S/C58H32N6/c59-33-42-57(63-43-26-14-25-38-37-21-10-11-22-39(37)54-51(50(38)43)44(63)27-30-60-54)48(35-17-6-2-7-18-35)47(34-15-4-1-5-16-34)49(36-19-8-3-9-20-36)58(42)64-45-28-31-61-55-40-23-12-13-24-41(40)56-53(52(45)55)46(64)29-32-62-56/h1-32H. The molecule has 294 valence electrons. The summed E-state index contributed by atoms with van der Waals surface area (Å²) in [5, 5.41) is 22.1. The molecule has 64 heavy (non-hydrogen) atoms. The van der Waals surface area contributed by atoms with Crippen LogP contribution in [0.1, 0.15) is 5.56 Å². The Bertz CT molecular complexity index is 3820. The van der Waals surface area contributed by atoms with Crippen LogP contribution in [0, 0.1) is 11.3 Å². The molecule has 0 saturated heterocycles. The molecule has 14 aromatic rings. The molecule has 0 atom stereocenters. The molecule has 0 N–H and O–H groups in total. The third-order valence-corrected chi connectivity index (χ3v) is 13.4. The van der Waals surface area contributed by atoms with E-state index >= 15 is 0 Å². The van der Waals surface area contributed by atoms with E-state index < -0.39 is 0 Å². The number of hydrogen-bond donors (Lipinski definition) is 0. The largest absolute Gasteiger partial charge is 0.307 e. The quantitative estimate of drug-likeness (QED) is 0.162. The van der Waals surface area contributed by atoms with Gasteiger partial charge in [-0.2, -0.15) is 5.26 Å². The third kappa shape index (κ3) is 4.49. The van der Waals surface area contributed by atoms with Gasteiger partial charge in [-0.3, -0.25) is 15.0 Å². The average Bonchev–Trinajstić information content (AvgIpc) is 3.89. The summed E-state index contributed by atoms with van der Waals surface area (Å²) in [5.41, 5.74) is 14.8. The number of hydrogen-bond acceptors (Lipinski definition) is 4. The second-order valence-electron chi connectivity index (χ2n) is 16.5. The zero-order valence-corrected chi connectivity index (χ0v) is 34.2. The number of rotatable bonds is 5.